The average Bonchev–Trinajstić information content (AvgIpc) is 2.20. The van der Waals surface area contributed by atoms with Gasteiger partial charge in [0.15, 0.2) is 0 Å². The zero-order chi connectivity index (χ0) is 10.2. The molecule has 76 valence electrons. The Bertz CT molecular complexity index is 269. The second kappa shape index (κ2) is 6.69. The van der Waals surface area contributed by atoms with Crippen LogP contribution >= 0.6 is 0 Å². The Morgan fingerprint density at radius 2 is 2.07 bits per heavy atom. The van der Waals surface area contributed by atoms with Crippen LogP contribution in [0.2, 0.25) is 4.82 Å². The maximum atomic E-state index is 5.17. The molecule has 0 aliphatic carbocycles. The fraction of sp³-hybridized carbons (Fsp3) is 0.333. The van der Waals surface area contributed by atoms with Crippen LogP contribution in [0.25, 0.3) is 0 Å². The van der Waals surface area contributed by atoms with Crippen molar-refractivity contribution in [2.24, 2.45) is 0 Å². The first kappa shape index (κ1) is 11.4. The van der Waals surface area contributed by atoms with Gasteiger partial charge in [0.25, 0.3) is 0 Å². The molecule has 0 spiro atoms. The molecule has 14 heavy (non-hydrogen) atoms. The first-order valence-corrected chi connectivity index (χ1v) is 6.67. The third kappa shape index (κ3) is 4.50. The van der Waals surface area contributed by atoms with Gasteiger partial charge in [0.05, 0.1) is 0 Å². The van der Waals surface area contributed by atoms with Gasteiger partial charge in [0, 0.05) is 0 Å². The van der Waals surface area contributed by atoms with Crippen molar-refractivity contribution in [1.82, 2.24) is 0 Å². The van der Waals surface area contributed by atoms with E-state index >= 15 is 0 Å². The van der Waals surface area contributed by atoms with E-state index in [2.05, 4.69) is 43.3 Å². The molecule has 1 atom stereocenters. The van der Waals surface area contributed by atoms with Crippen LogP contribution in [-0.4, -0.2) is 21.6 Å². The van der Waals surface area contributed by atoms with E-state index in [1.807, 2.05) is 13.2 Å². The Morgan fingerprint density at radius 3 is 2.71 bits per heavy atom. The summed E-state index contributed by atoms with van der Waals surface area (Å²) in [5.74, 6) is 0. The monoisotopic (exact) mass is 256 g/mol. The summed E-state index contributed by atoms with van der Waals surface area (Å²) in [6.07, 6.45) is 3.95. The molecule has 2 heteroatoms. The van der Waals surface area contributed by atoms with Crippen molar-refractivity contribution >= 4 is 19.4 Å². The Morgan fingerprint density at radius 1 is 1.36 bits per heavy atom. The van der Waals surface area contributed by atoms with Gasteiger partial charge in [-0.15, -0.1) is 0 Å². The van der Waals surface area contributed by atoms with Crippen molar-refractivity contribution in [1.29, 1.82) is 0 Å². The van der Waals surface area contributed by atoms with Crippen molar-refractivity contribution in [3.8, 4) is 0 Å². The zero-order valence-corrected chi connectivity index (χ0v) is 10.4. The minimum absolute atomic E-state index is 0.509. The summed E-state index contributed by atoms with van der Waals surface area (Å²) >= 11 is 0.509. The summed E-state index contributed by atoms with van der Waals surface area (Å²) in [5, 5.41) is 0. The van der Waals surface area contributed by atoms with Gasteiger partial charge in [0.1, 0.15) is 0 Å². The number of rotatable bonds is 5. The van der Waals surface area contributed by atoms with E-state index in [4.69, 9.17) is 4.74 Å². The minimum atomic E-state index is 0.509. The molecule has 0 radical (unpaired) electrons. The van der Waals surface area contributed by atoms with Gasteiger partial charge < -0.3 is 0 Å². The third-order valence-corrected chi connectivity index (χ3v) is 3.93. The summed E-state index contributed by atoms with van der Waals surface area (Å²) < 4.78 is 6.61. The first-order valence-electron chi connectivity index (χ1n) is 4.83. The number of benzene rings is 1. The fourth-order valence-corrected chi connectivity index (χ4v) is 2.87. The Labute approximate surface area is 92.3 Å². The topological polar surface area (TPSA) is 9.23 Å². The molecule has 0 aliphatic heterocycles. The maximum absolute atomic E-state index is 5.17. The van der Waals surface area contributed by atoms with Crippen molar-refractivity contribution in [2.75, 3.05) is 6.61 Å². The molecule has 0 saturated carbocycles. The Hall–Kier alpha value is -0.721. The zero-order valence-electron chi connectivity index (χ0n) is 8.64. The quantitative estimate of drug-likeness (QED) is 0.580. The van der Waals surface area contributed by atoms with E-state index in [0.29, 0.717) is 19.8 Å². The average molecular weight is 255 g/mol. The molecule has 1 aromatic rings. The number of hydrogen-bond acceptors (Lipinski definition) is 1. The molecule has 0 N–H and O–H groups in total. The van der Waals surface area contributed by atoms with Gasteiger partial charge in [-0.1, -0.05) is 0 Å². The van der Waals surface area contributed by atoms with E-state index in [1.54, 1.807) is 0 Å². The Balaban J connectivity index is 2.37. The molecule has 0 bridgehead atoms. The summed E-state index contributed by atoms with van der Waals surface area (Å²) in [4.78, 5) is 0.594. The molecule has 0 amide bonds. The van der Waals surface area contributed by atoms with Crippen LogP contribution in [0, 0.1) is 0 Å². The molecular formula is C12H16OSe. The van der Waals surface area contributed by atoms with E-state index in [0.717, 1.165) is 6.61 Å². The van der Waals surface area contributed by atoms with Gasteiger partial charge in [-0.2, -0.15) is 0 Å². The van der Waals surface area contributed by atoms with Crippen molar-refractivity contribution in [3.63, 3.8) is 0 Å². The summed E-state index contributed by atoms with van der Waals surface area (Å²) in [6, 6.07) is 10.6. The van der Waals surface area contributed by atoms with Crippen LogP contribution in [0.15, 0.2) is 42.7 Å². The second-order valence-corrected chi connectivity index (χ2v) is 5.96. The van der Waals surface area contributed by atoms with Gasteiger partial charge >= 0.3 is 92.1 Å². The predicted octanol–water partition coefficient (Wildman–Crippen LogP) is 2.37. The number of ether oxygens (including phenoxy) is 1. The fourth-order valence-electron chi connectivity index (χ4n) is 1.02. The van der Waals surface area contributed by atoms with Crippen LogP contribution in [0.4, 0.5) is 0 Å². The van der Waals surface area contributed by atoms with Crippen molar-refractivity contribution < 1.29 is 4.74 Å². The summed E-state index contributed by atoms with van der Waals surface area (Å²) in [6.45, 7) is 4.97. The van der Waals surface area contributed by atoms with Crippen LogP contribution < -0.4 is 4.46 Å². The SMILES string of the molecule is CCO/C=C\C(C)[Se]c1ccccc1. The van der Waals surface area contributed by atoms with Crippen LogP contribution in [0.5, 0.6) is 0 Å². The van der Waals surface area contributed by atoms with Gasteiger partial charge in [0.2, 0.25) is 0 Å². The standard InChI is InChI=1S/C12H16OSe/c1-3-13-10-9-11(2)14-12-7-5-4-6-8-12/h4-11H,3H2,1-2H3/b10-9-. The van der Waals surface area contributed by atoms with Crippen molar-refractivity contribution in [2.45, 2.75) is 18.7 Å². The molecule has 1 aromatic carbocycles. The van der Waals surface area contributed by atoms with Gasteiger partial charge in [-0.25, -0.2) is 0 Å². The normalized spacial score (nSPS) is 13.0. The van der Waals surface area contributed by atoms with Crippen LogP contribution in [-0.2, 0) is 4.74 Å². The molecule has 0 fully saturated rings. The van der Waals surface area contributed by atoms with Gasteiger partial charge in [-0.3, -0.25) is 0 Å². The predicted molar refractivity (Wildman–Crippen MR) is 62.0 cm³/mol. The number of hydrogen-bond donors (Lipinski definition) is 0. The van der Waals surface area contributed by atoms with E-state index < -0.39 is 0 Å². The molecule has 1 rings (SSSR count). The van der Waals surface area contributed by atoms with E-state index in [-0.39, 0.29) is 0 Å². The van der Waals surface area contributed by atoms with Crippen molar-refractivity contribution in [3.05, 3.63) is 42.7 Å². The third-order valence-electron chi connectivity index (χ3n) is 1.68. The second-order valence-electron chi connectivity index (χ2n) is 2.92. The molecule has 1 unspecified atom stereocenters. The van der Waals surface area contributed by atoms with E-state index in [9.17, 15) is 0 Å². The summed E-state index contributed by atoms with van der Waals surface area (Å²) in [7, 11) is 0. The molecule has 0 aromatic heterocycles. The van der Waals surface area contributed by atoms with E-state index in [1.165, 1.54) is 4.46 Å². The molecular weight excluding hydrogens is 239 g/mol. The van der Waals surface area contributed by atoms with Crippen LogP contribution in [0.1, 0.15) is 13.8 Å². The summed E-state index contributed by atoms with van der Waals surface area (Å²) in [5.41, 5.74) is 0. The molecule has 0 heterocycles. The number of allylic oxidation sites excluding steroid dienone is 1. The molecule has 0 saturated heterocycles. The molecule has 1 nitrogen and oxygen atoms in total. The first-order chi connectivity index (χ1) is 6.83. The molecule has 0 aliphatic rings. The van der Waals surface area contributed by atoms with Gasteiger partial charge in [-0.05, 0) is 0 Å². The van der Waals surface area contributed by atoms with Crippen LogP contribution in [0.3, 0.4) is 0 Å². The Kier molecular flexibility index (Phi) is 5.43.